The van der Waals surface area contributed by atoms with Crippen molar-refractivity contribution in [2.45, 2.75) is 33.1 Å². The van der Waals surface area contributed by atoms with E-state index in [2.05, 4.69) is 10.8 Å². The van der Waals surface area contributed by atoms with Gasteiger partial charge in [0.15, 0.2) is 0 Å². The first-order chi connectivity index (χ1) is 9.97. The molecule has 0 saturated carbocycles. The number of nitrogens with one attached hydrogen (secondary N) is 1. The van der Waals surface area contributed by atoms with Crippen LogP contribution < -0.4 is 4.72 Å². The minimum Gasteiger partial charge on any atom is -0.461 e. The Kier molecular flexibility index (Phi) is 4.93. The maximum Gasteiger partial charge on any atom is 0.366 e. The van der Waals surface area contributed by atoms with Gasteiger partial charge in [-0.2, -0.15) is 0 Å². The van der Waals surface area contributed by atoms with Crippen LogP contribution in [-0.2, 0) is 16.0 Å². The van der Waals surface area contributed by atoms with Crippen molar-refractivity contribution in [1.82, 2.24) is 4.72 Å². The maximum absolute atomic E-state index is 12.3. The first-order valence-corrected chi connectivity index (χ1v) is 9.17. The Morgan fingerprint density at radius 1 is 1.24 bits per heavy atom. The predicted octanol–water partition coefficient (Wildman–Crippen LogP) is 3.24. The van der Waals surface area contributed by atoms with Crippen molar-refractivity contribution >= 4 is 21.4 Å². The molecule has 0 unspecified atom stereocenters. The quantitative estimate of drug-likeness (QED) is 0.853. The van der Waals surface area contributed by atoms with Gasteiger partial charge in [0.25, 0.3) is 0 Å². The topological polar surface area (TPSA) is 55.4 Å². The smallest absolute Gasteiger partial charge is 0.366 e. The molecule has 0 bridgehead atoms. The summed E-state index contributed by atoms with van der Waals surface area (Å²) in [4.78, 5) is 24.4. The number of hydrogen-bond acceptors (Lipinski definition) is 3. The van der Waals surface area contributed by atoms with Crippen molar-refractivity contribution in [2.24, 2.45) is 0 Å². The van der Waals surface area contributed by atoms with E-state index >= 15 is 0 Å². The monoisotopic (exact) mass is 309 g/mol. The van der Waals surface area contributed by atoms with Gasteiger partial charge in [-0.25, -0.2) is 4.79 Å². The van der Waals surface area contributed by atoms with E-state index in [9.17, 15) is 9.59 Å². The number of ether oxygens (including phenoxy) is 1. The molecule has 0 aliphatic carbocycles. The molecule has 1 heterocycles. The van der Waals surface area contributed by atoms with Crippen LogP contribution in [0.5, 0.6) is 0 Å². The number of carbonyl (C=O) groups excluding carboxylic acids is 2. The summed E-state index contributed by atoms with van der Waals surface area (Å²) in [5.41, 5.74) is 3.30. The molecule has 0 aromatic heterocycles. The molecule has 1 amide bonds. The number of benzene rings is 1. The van der Waals surface area contributed by atoms with Crippen molar-refractivity contribution in [3.05, 3.63) is 34.9 Å². The summed E-state index contributed by atoms with van der Waals surface area (Å²) < 4.78 is 7.91. The van der Waals surface area contributed by atoms with Crippen LogP contribution in [0.1, 0.15) is 29.5 Å². The summed E-state index contributed by atoms with van der Waals surface area (Å²) in [6.45, 7) is 4.04. The highest BCUT2D eigenvalue weighted by Gasteiger charge is 2.38. The van der Waals surface area contributed by atoms with Crippen molar-refractivity contribution in [2.75, 3.05) is 18.6 Å². The average Bonchev–Trinajstić information content (AvgIpc) is 2.90. The van der Waals surface area contributed by atoms with Crippen LogP contribution in [0.15, 0.2) is 18.2 Å². The van der Waals surface area contributed by atoms with Crippen LogP contribution in [0.25, 0.3) is 0 Å². The molecule has 1 aliphatic rings. The number of aryl methyl sites for hydroxylation is 2. The highest BCUT2D eigenvalue weighted by Crippen LogP contribution is 2.51. The second kappa shape index (κ2) is 6.52. The summed E-state index contributed by atoms with van der Waals surface area (Å²) in [5, 5.41) is -0.242. The molecular weight excluding hydrogens is 286 g/mol. The third-order valence-electron chi connectivity index (χ3n) is 3.88. The van der Waals surface area contributed by atoms with Crippen LogP contribution in [0.2, 0.25) is 0 Å². The molecule has 5 heteroatoms. The Morgan fingerprint density at radius 3 is 2.48 bits per heavy atom. The van der Waals surface area contributed by atoms with E-state index in [1.54, 1.807) is 0 Å². The molecule has 2 rings (SSSR count). The average molecular weight is 309 g/mol. The second-order valence-corrected chi connectivity index (χ2v) is 8.71. The largest absolute Gasteiger partial charge is 0.461 e. The minimum atomic E-state index is -1.79. The maximum atomic E-state index is 12.3. The highest BCUT2D eigenvalue weighted by molar-refractivity contribution is 8.44. The normalized spacial score (nSPS) is 18.0. The number of rotatable bonds is 2. The third kappa shape index (κ3) is 3.59. The molecule has 1 aromatic carbocycles. The lowest BCUT2D eigenvalue weighted by Crippen LogP contribution is -2.35. The van der Waals surface area contributed by atoms with Gasteiger partial charge in [0.1, 0.15) is 0 Å². The van der Waals surface area contributed by atoms with E-state index in [0.717, 1.165) is 35.5 Å². The molecular formula is C16H23NO3S. The standard InChI is InChI=1S/C16H23NO3S/c1-12-6-7-14(13(2)10-12)11-15(18)17-21(16(19)20-3)8-4-5-9-21/h6-7,10H,4-5,8-9,11H2,1-3H3,(H,17,18). The van der Waals surface area contributed by atoms with Gasteiger partial charge in [-0.05, 0) is 37.8 Å². The zero-order chi connectivity index (χ0) is 15.5. The zero-order valence-corrected chi connectivity index (χ0v) is 13.7. The fraction of sp³-hybridized carbons (Fsp3) is 0.500. The Bertz CT molecular complexity index is 550. The Morgan fingerprint density at radius 2 is 1.90 bits per heavy atom. The van der Waals surface area contributed by atoms with Crippen LogP contribution >= 0.6 is 10.2 Å². The Hall–Kier alpha value is -1.49. The summed E-state index contributed by atoms with van der Waals surface area (Å²) >= 11 is 0. The first-order valence-electron chi connectivity index (χ1n) is 7.20. The number of hydrogen-bond donors (Lipinski definition) is 1. The van der Waals surface area contributed by atoms with Gasteiger partial charge in [0.05, 0.1) is 13.5 Å². The molecule has 1 aromatic rings. The Balaban J connectivity index is 2.08. The van der Waals surface area contributed by atoms with Gasteiger partial charge < -0.3 is 9.46 Å². The van der Waals surface area contributed by atoms with Crippen LogP contribution in [0.3, 0.4) is 0 Å². The van der Waals surface area contributed by atoms with Crippen LogP contribution in [0.4, 0.5) is 4.79 Å². The number of carbonyl (C=O) groups is 2. The Labute approximate surface area is 127 Å². The molecule has 1 saturated heterocycles. The minimum absolute atomic E-state index is 0.0794. The van der Waals surface area contributed by atoms with Gasteiger partial charge >= 0.3 is 5.30 Å². The number of amides is 1. The van der Waals surface area contributed by atoms with Crippen molar-refractivity contribution in [3.8, 4) is 0 Å². The van der Waals surface area contributed by atoms with E-state index in [1.807, 2.05) is 26.0 Å². The van der Waals surface area contributed by atoms with Gasteiger partial charge in [0, 0.05) is 11.5 Å². The molecule has 0 spiro atoms. The van der Waals surface area contributed by atoms with Crippen LogP contribution in [0, 0.1) is 13.8 Å². The fourth-order valence-corrected chi connectivity index (χ4v) is 5.79. The zero-order valence-electron chi connectivity index (χ0n) is 12.9. The van der Waals surface area contributed by atoms with Crippen LogP contribution in [-0.4, -0.2) is 29.8 Å². The second-order valence-electron chi connectivity index (χ2n) is 5.58. The molecule has 21 heavy (non-hydrogen) atoms. The van der Waals surface area contributed by atoms with Crippen molar-refractivity contribution < 1.29 is 14.3 Å². The summed E-state index contributed by atoms with van der Waals surface area (Å²) in [7, 11) is -0.396. The van der Waals surface area contributed by atoms with E-state index in [4.69, 9.17) is 4.74 Å². The summed E-state index contributed by atoms with van der Waals surface area (Å²) in [5.74, 6) is 1.42. The van der Waals surface area contributed by atoms with E-state index in [0.29, 0.717) is 6.42 Å². The summed E-state index contributed by atoms with van der Waals surface area (Å²) in [6.07, 6.45) is 2.28. The fourth-order valence-electron chi connectivity index (χ4n) is 2.74. The molecule has 4 nitrogen and oxygen atoms in total. The molecule has 0 atom stereocenters. The van der Waals surface area contributed by atoms with Crippen molar-refractivity contribution in [1.29, 1.82) is 0 Å². The predicted molar refractivity (Wildman–Crippen MR) is 86.7 cm³/mol. The summed E-state index contributed by atoms with van der Waals surface area (Å²) in [6, 6.07) is 6.06. The molecule has 1 aliphatic heterocycles. The lowest BCUT2D eigenvalue weighted by Gasteiger charge is -2.32. The molecule has 0 radical (unpaired) electrons. The van der Waals surface area contributed by atoms with Gasteiger partial charge in [0.2, 0.25) is 5.91 Å². The van der Waals surface area contributed by atoms with Gasteiger partial charge in [-0.15, -0.1) is 0 Å². The van der Waals surface area contributed by atoms with E-state index in [1.165, 1.54) is 12.7 Å². The third-order valence-corrected chi connectivity index (χ3v) is 7.27. The SMILES string of the molecule is COC(=O)S1(NC(=O)Cc2ccc(C)cc2C)CCCC1. The van der Waals surface area contributed by atoms with E-state index < -0.39 is 10.2 Å². The van der Waals surface area contributed by atoms with Gasteiger partial charge in [-0.1, -0.05) is 34.0 Å². The highest BCUT2D eigenvalue weighted by atomic mass is 32.3. The first kappa shape index (κ1) is 15.9. The van der Waals surface area contributed by atoms with Gasteiger partial charge in [-0.3, -0.25) is 4.79 Å². The lowest BCUT2D eigenvalue weighted by molar-refractivity contribution is -0.118. The molecule has 116 valence electrons. The number of methoxy groups -OCH3 is 1. The van der Waals surface area contributed by atoms with E-state index in [-0.39, 0.29) is 11.2 Å². The molecule has 1 N–H and O–H groups in total. The lowest BCUT2D eigenvalue weighted by atomic mass is 10.0. The van der Waals surface area contributed by atoms with Crippen molar-refractivity contribution in [3.63, 3.8) is 0 Å². The molecule has 1 fully saturated rings.